The quantitative estimate of drug-likeness (QED) is 0.706. The number of hydrogen-bond acceptors (Lipinski definition) is 1. The van der Waals surface area contributed by atoms with Crippen LogP contribution in [0.25, 0.3) is 0 Å². The zero-order valence-corrected chi connectivity index (χ0v) is 7.45. The van der Waals surface area contributed by atoms with E-state index in [4.69, 9.17) is 5.11 Å². The molecule has 0 fully saturated rings. The molecule has 1 atom stereocenters. The molecule has 0 spiro atoms. The molecule has 1 aliphatic heterocycles. The molecule has 1 aromatic heterocycles. The van der Waals surface area contributed by atoms with Crippen LogP contribution in [0.2, 0.25) is 0 Å². The lowest BCUT2D eigenvalue weighted by Crippen LogP contribution is -1.97. The molecule has 0 bridgehead atoms. The summed E-state index contributed by atoms with van der Waals surface area (Å²) in [6.45, 7) is 2.52. The van der Waals surface area contributed by atoms with E-state index in [0.29, 0.717) is 6.04 Å². The van der Waals surface area contributed by atoms with E-state index in [9.17, 15) is 0 Å². The van der Waals surface area contributed by atoms with Gasteiger partial charge in [-0.1, -0.05) is 0 Å². The Morgan fingerprint density at radius 1 is 1.67 bits per heavy atom. The lowest BCUT2D eigenvalue weighted by atomic mass is 10.1. The summed E-state index contributed by atoms with van der Waals surface area (Å²) in [7, 11) is 0. The summed E-state index contributed by atoms with van der Waals surface area (Å²) >= 11 is 0. The molecule has 2 rings (SSSR count). The zero-order valence-electron chi connectivity index (χ0n) is 7.45. The second-order valence-electron chi connectivity index (χ2n) is 3.56. The molecular formula is C10H15NO. The van der Waals surface area contributed by atoms with Crippen molar-refractivity contribution < 1.29 is 5.11 Å². The van der Waals surface area contributed by atoms with Gasteiger partial charge >= 0.3 is 0 Å². The normalized spacial score (nSPS) is 21.3. The van der Waals surface area contributed by atoms with E-state index in [0.717, 1.165) is 6.42 Å². The Kier molecular flexibility index (Phi) is 1.93. The van der Waals surface area contributed by atoms with Crippen LogP contribution in [0.1, 0.15) is 30.6 Å². The number of aliphatic hydroxyl groups excluding tert-OH is 1. The lowest BCUT2D eigenvalue weighted by Gasteiger charge is -2.04. The van der Waals surface area contributed by atoms with Gasteiger partial charge in [-0.15, -0.1) is 0 Å². The molecular weight excluding hydrogens is 150 g/mol. The number of fused-ring (bicyclic) bond motifs is 1. The van der Waals surface area contributed by atoms with Gasteiger partial charge in [0.05, 0.1) is 0 Å². The van der Waals surface area contributed by atoms with Gasteiger partial charge in [-0.2, -0.15) is 0 Å². The average molecular weight is 165 g/mol. The van der Waals surface area contributed by atoms with E-state index in [1.165, 1.54) is 24.1 Å². The number of aliphatic hydroxyl groups is 1. The third-order valence-corrected chi connectivity index (χ3v) is 2.77. The van der Waals surface area contributed by atoms with Gasteiger partial charge in [0, 0.05) is 24.5 Å². The molecule has 1 unspecified atom stereocenters. The van der Waals surface area contributed by atoms with Crippen LogP contribution in [0, 0.1) is 0 Å². The fourth-order valence-electron chi connectivity index (χ4n) is 2.06. The highest BCUT2D eigenvalue weighted by Crippen LogP contribution is 2.28. The van der Waals surface area contributed by atoms with E-state index in [1.54, 1.807) is 0 Å². The summed E-state index contributed by atoms with van der Waals surface area (Å²) < 4.78 is 2.34. The van der Waals surface area contributed by atoms with E-state index in [1.807, 2.05) is 0 Å². The molecule has 66 valence electrons. The lowest BCUT2D eigenvalue weighted by molar-refractivity contribution is 0.299. The highest BCUT2D eigenvalue weighted by atomic mass is 16.2. The molecule has 2 nitrogen and oxygen atoms in total. The minimum Gasteiger partial charge on any atom is -0.396 e. The number of nitrogens with zero attached hydrogens (tertiary/aromatic N) is 1. The Balaban J connectivity index is 2.30. The standard InChI is InChI=1S/C10H15NO/c1-8-2-3-10-9(5-7-12)4-6-11(8)10/h4,6,8,12H,2-3,5,7H2,1H3. The summed E-state index contributed by atoms with van der Waals surface area (Å²) in [5.41, 5.74) is 2.78. The Morgan fingerprint density at radius 2 is 2.50 bits per heavy atom. The smallest absolute Gasteiger partial charge is 0.0472 e. The molecule has 0 radical (unpaired) electrons. The van der Waals surface area contributed by atoms with Crippen molar-refractivity contribution in [3.63, 3.8) is 0 Å². The zero-order chi connectivity index (χ0) is 8.55. The van der Waals surface area contributed by atoms with Crippen LogP contribution in [0.3, 0.4) is 0 Å². The number of hydrogen-bond donors (Lipinski definition) is 1. The molecule has 1 aliphatic rings. The van der Waals surface area contributed by atoms with Gasteiger partial charge in [-0.25, -0.2) is 0 Å². The van der Waals surface area contributed by atoms with Crippen LogP contribution in [-0.2, 0) is 12.8 Å². The van der Waals surface area contributed by atoms with Gasteiger partial charge in [0.25, 0.3) is 0 Å². The molecule has 0 amide bonds. The van der Waals surface area contributed by atoms with Crippen molar-refractivity contribution in [3.05, 3.63) is 23.5 Å². The number of aromatic nitrogens is 1. The maximum atomic E-state index is 8.83. The molecule has 0 aliphatic carbocycles. The fraction of sp³-hybridized carbons (Fsp3) is 0.600. The van der Waals surface area contributed by atoms with E-state index >= 15 is 0 Å². The summed E-state index contributed by atoms with van der Waals surface area (Å²) in [4.78, 5) is 0. The van der Waals surface area contributed by atoms with Gasteiger partial charge in [0.2, 0.25) is 0 Å². The Bertz CT molecular complexity index is 277. The maximum Gasteiger partial charge on any atom is 0.0472 e. The van der Waals surface area contributed by atoms with Crippen LogP contribution in [0.5, 0.6) is 0 Å². The largest absolute Gasteiger partial charge is 0.396 e. The van der Waals surface area contributed by atoms with Crippen LogP contribution in [-0.4, -0.2) is 16.3 Å². The first-order chi connectivity index (χ1) is 5.83. The molecule has 1 aromatic rings. The van der Waals surface area contributed by atoms with Crippen molar-refractivity contribution >= 4 is 0 Å². The topological polar surface area (TPSA) is 25.2 Å². The van der Waals surface area contributed by atoms with Gasteiger partial charge in [0.1, 0.15) is 0 Å². The molecule has 0 saturated carbocycles. The summed E-state index contributed by atoms with van der Waals surface area (Å²) in [5.74, 6) is 0. The second-order valence-corrected chi connectivity index (χ2v) is 3.56. The molecule has 1 N–H and O–H groups in total. The predicted molar refractivity (Wildman–Crippen MR) is 48.3 cm³/mol. The van der Waals surface area contributed by atoms with Gasteiger partial charge in [-0.3, -0.25) is 0 Å². The van der Waals surface area contributed by atoms with Gasteiger partial charge in [-0.05, 0) is 37.8 Å². The molecule has 12 heavy (non-hydrogen) atoms. The maximum absolute atomic E-state index is 8.83. The van der Waals surface area contributed by atoms with Crippen molar-refractivity contribution in [1.82, 2.24) is 4.57 Å². The van der Waals surface area contributed by atoms with Crippen molar-refractivity contribution in [3.8, 4) is 0 Å². The van der Waals surface area contributed by atoms with E-state index in [2.05, 4.69) is 23.8 Å². The summed E-state index contributed by atoms with van der Waals surface area (Å²) in [5, 5.41) is 8.83. The minimum absolute atomic E-state index is 0.269. The van der Waals surface area contributed by atoms with E-state index < -0.39 is 0 Å². The Hall–Kier alpha value is -0.760. The average Bonchev–Trinajstić information content (AvgIpc) is 2.58. The fourth-order valence-corrected chi connectivity index (χ4v) is 2.06. The van der Waals surface area contributed by atoms with Gasteiger partial charge in [0.15, 0.2) is 0 Å². The van der Waals surface area contributed by atoms with Crippen LogP contribution in [0.15, 0.2) is 12.3 Å². The predicted octanol–water partition coefficient (Wildman–Crippen LogP) is 1.53. The molecule has 0 saturated heterocycles. The Morgan fingerprint density at radius 3 is 3.25 bits per heavy atom. The first-order valence-corrected chi connectivity index (χ1v) is 4.62. The molecule has 2 heterocycles. The van der Waals surface area contributed by atoms with Gasteiger partial charge < -0.3 is 9.67 Å². The van der Waals surface area contributed by atoms with Crippen molar-refractivity contribution in [2.75, 3.05) is 6.61 Å². The molecule has 0 aromatic carbocycles. The van der Waals surface area contributed by atoms with Crippen LogP contribution < -0.4 is 0 Å². The van der Waals surface area contributed by atoms with Crippen LogP contribution in [0.4, 0.5) is 0 Å². The highest BCUT2D eigenvalue weighted by Gasteiger charge is 2.19. The molecule has 2 heteroatoms. The minimum atomic E-state index is 0.269. The first-order valence-electron chi connectivity index (χ1n) is 4.62. The monoisotopic (exact) mass is 165 g/mol. The Labute approximate surface area is 72.8 Å². The van der Waals surface area contributed by atoms with Crippen molar-refractivity contribution in [2.45, 2.75) is 32.2 Å². The third-order valence-electron chi connectivity index (χ3n) is 2.77. The first kappa shape index (κ1) is 7.87. The third kappa shape index (κ3) is 1.07. The van der Waals surface area contributed by atoms with Crippen molar-refractivity contribution in [2.24, 2.45) is 0 Å². The SMILES string of the molecule is CC1CCc2c(CCO)ccn21. The van der Waals surface area contributed by atoms with Crippen molar-refractivity contribution in [1.29, 1.82) is 0 Å². The number of rotatable bonds is 2. The second kappa shape index (κ2) is 2.94. The summed E-state index contributed by atoms with van der Waals surface area (Å²) in [6.07, 6.45) is 5.41. The highest BCUT2D eigenvalue weighted by molar-refractivity contribution is 5.26. The summed E-state index contributed by atoms with van der Waals surface area (Å²) in [6, 6.07) is 2.80. The van der Waals surface area contributed by atoms with E-state index in [-0.39, 0.29) is 6.61 Å². The van der Waals surface area contributed by atoms with Crippen LogP contribution >= 0.6 is 0 Å².